The maximum absolute atomic E-state index is 6.95. The van der Waals surface area contributed by atoms with Gasteiger partial charge in [-0.05, 0) is 208 Å². The van der Waals surface area contributed by atoms with Crippen molar-refractivity contribution >= 4 is 60.9 Å². The summed E-state index contributed by atoms with van der Waals surface area (Å²) in [6.07, 6.45) is 0. The van der Waals surface area contributed by atoms with Gasteiger partial charge >= 0.3 is 0 Å². The second kappa shape index (κ2) is 18.1. The van der Waals surface area contributed by atoms with Crippen molar-refractivity contribution in [1.29, 1.82) is 0 Å². The third-order valence-electron chi connectivity index (χ3n) is 22.2. The molecule has 2 heterocycles. The fourth-order valence-corrected chi connectivity index (χ4v) is 18.2. The summed E-state index contributed by atoms with van der Waals surface area (Å²) in [5.41, 5.74) is 36.8. The summed E-state index contributed by atoms with van der Waals surface area (Å²) in [5.74, 6) is 0. The first-order valence-electron chi connectivity index (χ1n) is 32.6. The minimum absolute atomic E-state index is 0.374. The molecule has 14 aromatic carbocycles. The molecule has 93 heavy (non-hydrogen) atoms. The second-order valence-electron chi connectivity index (χ2n) is 26.9. The Morgan fingerprint density at radius 2 is 0.720 bits per heavy atom. The van der Waals surface area contributed by atoms with E-state index in [4.69, 9.17) is 8.83 Å². The van der Waals surface area contributed by atoms with E-state index in [1.807, 2.05) is 0 Å². The Labute approximate surface area is 538 Å². The summed E-state index contributed by atoms with van der Waals surface area (Å²) in [6.45, 7) is 6.99. The van der Waals surface area contributed by atoms with Crippen molar-refractivity contribution in [3.63, 3.8) is 0 Å². The maximum atomic E-state index is 6.95. The zero-order valence-corrected chi connectivity index (χ0v) is 51.5. The van der Waals surface area contributed by atoms with Crippen LogP contribution < -0.4 is 4.90 Å². The molecule has 0 bridgehead atoms. The third kappa shape index (κ3) is 6.44. The summed E-state index contributed by atoms with van der Waals surface area (Å²) in [7, 11) is 0. The van der Waals surface area contributed by atoms with Gasteiger partial charge in [0.15, 0.2) is 0 Å². The van der Waals surface area contributed by atoms with Crippen molar-refractivity contribution in [2.45, 2.75) is 37.0 Å². The van der Waals surface area contributed by atoms with Crippen LogP contribution in [0.15, 0.2) is 300 Å². The smallest absolute Gasteiger partial charge is 0.143 e. The monoisotopic (exact) mass is 1180 g/mol. The Bertz CT molecular complexity index is 5880. The van der Waals surface area contributed by atoms with Crippen molar-refractivity contribution in [2.24, 2.45) is 0 Å². The molecule has 2 aromatic heterocycles. The van der Waals surface area contributed by atoms with E-state index >= 15 is 0 Å². The van der Waals surface area contributed by atoms with Crippen LogP contribution in [0.3, 0.4) is 0 Å². The van der Waals surface area contributed by atoms with Crippen LogP contribution in [-0.2, 0) is 16.2 Å². The van der Waals surface area contributed by atoms with Crippen LogP contribution in [0.5, 0.6) is 0 Å². The highest BCUT2D eigenvalue weighted by molar-refractivity contribution is 6.20. The fourth-order valence-electron chi connectivity index (χ4n) is 18.2. The highest BCUT2D eigenvalue weighted by atomic mass is 16.3. The predicted octanol–water partition coefficient (Wildman–Crippen LogP) is 23.6. The standard InChI is InChI=1S/C90H57NO2/c1-52-33-35-55(36-34-52)67-49-79-83(86-66-26-12-18-32-81(66)93-87(67)86)64-44-42-57(47-75(64)88(79,2)3)91(56-39-37-54(38-40-56)53-19-5-4-6-20-53)58-41-43-63-68-50-78-69(51-77(68)90(76(63)48-58)72-29-15-9-23-61(72)62-24-10-16-30-73(62)90)84-74(45-46-82-85(84)65-25-11-17-31-80(65)92-82)89(78)70-27-13-7-21-59(70)60-22-8-14-28-71(60)89/h4-51H,1-3H3. The molecule has 3 nitrogen and oxygen atoms in total. The van der Waals surface area contributed by atoms with Crippen LogP contribution in [0, 0.1) is 6.92 Å². The van der Waals surface area contributed by atoms with Crippen molar-refractivity contribution in [3.8, 4) is 77.9 Å². The van der Waals surface area contributed by atoms with E-state index in [2.05, 4.69) is 317 Å². The highest BCUT2D eigenvalue weighted by Crippen LogP contribution is 2.70. The van der Waals surface area contributed by atoms with Crippen molar-refractivity contribution < 1.29 is 8.83 Å². The van der Waals surface area contributed by atoms with Crippen molar-refractivity contribution in [2.75, 3.05) is 4.90 Å². The lowest BCUT2D eigenvalue weighted by Crippen LogP contribution is -2.27. The van der Waals surface area contributed by atoms with Crippen LogP contribution in [0.2, 0.25) is 0 Å². The number of fused-ring (bicyclic) bond motifs is 31. The van der Waals surface area contributed by atoms with Gasteiger partial charge in [0.2, 0.25) is 0 Å². The molecule has 16 aromatic rings. The fraction of sp³-hybridized carbons (Fsp3) is 0.0667. The number of furan rings is 2. The molecule has 0 fully saturated rings. The van der Waals surface area contributed by atoms with E-state index in [1.54, 1.807) is 0 Å². The van der Waals surface area contributed by atoms with E-state index in [-0.39, 0.29) is 5.41 Å². The predicted molar refractivity (Wildman–Crippen MR) is 381 cm³/mol. The number of hydrogen-bond donors (Lipinski definition) is 0. The Kier molecular flexibility index (Phi) is 9.99. The lowest BCUT2D eigenvalue weighted by molar-refractivity contribution is 0.657. The zero-order chi connectivity index (χ0) is 61.2. The number of para-hydroxylation sites is 2. The molecule has 5 aliphatic rings. The largest absolute Gasteiger partial charge is 0.456 e. The number of aryl methyl sites for hydroxylation is 1. The highest BCUT2D eigenvalue weighted by Gasteiger charge is 2.57. The first-order chi connectivity index (χ1) is 45.8. The molecule has 21 rings (SSSR count). The number of nitrogens with zero attached hydrogens (tertiary/aromatic N) is 1. The van der Waals surface area contributed by atoms with Crippen LogP contribution in [0.4, 0.5) is 17.1 Å². The van der Waals surface area contributed by atoms with Crippen LogP contribution >= 0.6 is 0 Å². The van der Waals surface area contributed by atoms with Gasteiger partial charge in [0, 0.05) is 49.6 Å². The first-order valence-corrected chi connectivity index (χ1v) is 32.6. The van der Waals surface area contributed by atoms with Gasteiger partial charge in [-0.25, -0.2) is 0 Å². The average Bonchev–Trinajstić information content (AvgIpc) is 1.48. The lowest BCUT2D eigenvalue weighted by Gasteiger charge is -2.33. The van der Waals surface area contributed by atoms with Gasteiger partial charge in [-0.2, -0.15) is 0 Å². The maximum Gasteiger partial charge on any atom is 0.143 e. The van der Waals surface area contributed by atoms with Gasteiger partial charge in [-0.3, -0.25) is 0 Å². The number of benzene rings is 14. The Morgan fingerprint density at radius 3 is 1.37 bits per heavy atom. The Hall–Kier alpha value is -11.5. The number of anilines is 3. The second-order valence-corrected chi connectivity index (χ2v) is 26.9. The molecule has 0 aliphatic heterocycles. The molecule has 434 valence electrons. The van der Waals surface area contributed by atoms with E-state index in [9.17, 15) is 0 Å². The number of rotatable bonds is 5. The molecule has 0 radical (unpaired) electrons. The SMILES string of the molecule is Cc1ccc(-c2cc3c(c4c2oc2ccccc24)-c2ccc(N(c4ccc(-c5ccccc5)cc4)c4ccc5c(c4)C4(c6ccccc6-c6ccccc64)c4cc6c(cc4-5)C4(c5ccccc5-c5ccccc54)c4ccc5oc7ccccc7c5c4-6)cc2C3(C)C)cc1. The van der Waals surface area contributed by atoms with Gasteiger partial charge in [0.25, 0.3) is 0 Å². The normalized spacial score (nSPS) is 14.7. The average molecular weight is 1180 g/mol. The molecule has 0 unspecified atom stereocenters. The van der Waals surface area contributed by atoms with Crippen LogP contribution in [0.25, 0.3) is 122 Å². The van der Waals surface area contributed by atoms with Gasteiger partial charge in [-0.15, -0.1) is 0 Å². The Balaban J connectivity index is 0.828. The van der Waals surface area contributed by atoms with Gasteiger partial charge in [-0.1, -0.05) is 238 Å². The summed E-state index contributed by atoms with van der Waals surface area (Å²) in [6, 6.07) is 110. The van der Waals surface area contributed by atoms with Crippen LogP contribution in [0.1, 0.15) is 75.0 Å². The van der Waals surface area contributed by atoms with E-state index in [0.717, 1.165) is 61.3 Å². The summed E-state index contributed by atoms with van der Waals surface area (Å²) >= 11 is 0. The zero-order valence-electron chi connectivity index (χ0n) is 51.5. The van der Waals surface area contributed by atoms with Gasteiger partial charge in [0.05, 0.1) is 10.8 Å². The molecule has 0 saturated carbocycles. The van der Waals surface area contributed by atoms with Crippen LogP contribution in [-0.4, -0.2) is 0 Å². The molecular formula is C90H57NO2. The molecular weight excluding hydrogens is 1130 g/mol. The lowest BCUT2D eigenvalue weighted by atomic mass is 9.68. The Morgan fingerprint density at radius 1 is 0.269 bits per heavy atom. The molecule has 5 aliphatic carbocycles. The molecule has 0 saturated heterocycles. The van der Waals surface area contributed by atoms with Crippen molar-refractivity contribution in [3.05, 3.63) is 352 Å². The van der Waals surface area contributed by atoms with Gasteiger partial charge < -0.3 is 13.7 Å². The first kappa shape index (κ1) is 51.2. The topological polar surface area (TPSA) is 29.5 Å². The quantitative estimate of drug-likeness (QED) is 0.172. The van der Waals surface area contributed by atoms with E-state index in [1.165, 1.54) is 139 Å². The summed E-state index contributed by atoms with van der Waals surface area (Å²) in [5, 5.41) is 4.62. The molecule has 0 amide bonds. The molecule has 0 N–H and O–H groups in total. The van der Waals surface area contributed by atoms with E-state index < -0.39 is 10.8 Å². The summed E-state index contributed by atoms with van der Waals surface area (Å²) in [4.78, 5) is 2.52. The van der Waals surface area contributed by atoms with E-state index in [0.29, 0.717) is 0 Å². The minimum Gasteiger partial charge on any atom is -0.456 e. The molecule has 2 spiro atoms. The summed E-state index contributed by atoms with van der Waals surface area (Å²) < 4.78 is 13.8. The third-order valence-corrected chi connectivity index (χ3v) is 22.2. The van der Waals surface area contributed by atoms with Crippen molar-refractivity contribution in [1.82, 2.24) is 0 Å². The minimum atomic E-state index is -0.686. The molecule has 3 heteroatoms. The molecule has 0 atom stereocenters. The van der Waals surface area contributed by atoms with Gasteiger partial charge in [0.1, 0.15) is 22.3 Å². The number of hydrogen-bond acceptors (Lipinski definition) is 3.